The van der Waals surface area contributed by atoms with E-state index in [4.69, 9.17) is 4.74 Å². The molecule has 8 heteroatoms. The van der Waals surface area contributed by atoms with Crippen molar-refractivity contribution in [1.82, 2.24) is 9.78 Å². The molecule has 0 unspecified atom stereocenters. The molecule has 31 heavy (non-hydrogen) atoms. The monoisotopic (exact) mass is 427 g/mol. The number of para-hydroxylation sites is 1. The zero-order chi connectivity index (χ0) is 22.7. The van der Waals surface area contributed by atoms with Crippen LogP contribution in [-0.4, -0.2) is 44.9 Å². The SMILES string of the molecule is CC(=O)O[C@H]1C[C@@H](C)CC[C@@H]1C(=O)N(c1nn(-c2ccccc2)cc1C(=O)O)C(C)C. The summed E-state index contributed by atoms with van der Waals surface area (Å²) in [7, 11) is 0. The molecule has 2 aromatic rings. The summed E-state index contributed by atoms with van der Waals surface area (Å²) < 4.78 is 6.95. The lowest BCUT2D eigenvalue weighted by Crippen LogP contribution is -2.48. The van der Waals surface area contributed by atoms with E-state index >= 15 is 0 Å². The number of carbonyl (C=O) groups excluding carboxylic acids is 2. The summed E-state index contributed by atoms with van der Waals surface area (Å²) in [6.45, 7) is 7.04. The molecule has 1 fully saturated rings. The highest BCUT2D eigenvalue weighted by molar-refractivity contribution is 6.02. The number of anilines is 1. The number of carboxylic acids is 1. The van der Waals surface area contributed by atoms with Crippen LogP contribution in [0.2, 0.25) is 0 Å². The second-order valence-corrected chi connectivity index (χ2v) is 8.43. The zero-order valence-electron chi connectivity index (χ0n) is 18.3. The summed E-state index contributed by atoms with van der Waals surface area (Å²) in [4.78, 5) is 38.7. The number of carbonyl (C=O) groups is 3. The first kappa shape index (κ1) is 22.5. The van der Waals surface area contributed by atoms with Gasteiger partial charge in [0.25, 0.3) is 0 Å². The van der Waals surface area contributed by atoms with E-state index in [9.17, 15) is 19.5 Å². The van der Waals surface area contributed by atoms with Crippen LogP contribution in [0.5, 0.6) is 0 Å². The smallest absolute Gasteiger partial charge is 0.341 e. The van der Waals surface area contributed by atoms with Gasteiger partial charge in [-0.1, -0.05) is 25.1 Å². The second-order valence-electron chi connectivity index (χ2n) is 8.43. The molecule has 1 aliphatic carbocycles. The van der Waals surface area contributed by atoms with Crippen molar-refractivity contribution >= 4 is 23.7 Å². The Morgan fingerprint density at radius 1 is 1.19 bits per heavy atom. The van der Waals surface area contributed by atoms with Crippen LogP contribution in [0.3, 0.4) is 0 Å². The number of nitrogens with zero attached hydrogens (tertiary/aromatic N) is 3. The Balaban J connectivity index is 2.01. The van der Waals surface area contributed by atoms with Crippen molar-refractivity contribution in [1.29, 1.82) is 0 Å². The lowest BCUT2D eigenvalue weighted by molar-refractivity contribution is -0.154. The van der Waals surface area contributed by atoms with Gasteiger partial charge in [-0.05, 0) is 51.2 Å². The van der Waals surface area contributed by atoms with Crippen molar-refractivity contribution in [3.05, 3.63) is 42.1 Å². The summed E-state index contributed by atoms with van der Waals surface area (Å²) in [6, 6.07) is 8.80. The topological polar surface area (TPSA) is 102 Å². The molecule has 0 saturated heterocycles. The first-order valence-electron chi connectivity index (χ1n) is 10.6. The van der Waals surface area contributed by atoms with Gasteiger partial charge in [0.2, 0.25) is 5.91 Å². The van der Waals surface area contributed by atoms with Crippen molar-refractivity contribution in [3.8, 4) is 5.69 Å². The molecule has 1 aromatic heterocycles. The highest BCUT2D eigenvalue weighted by Gasteiger charge is 2.40. The molecule has 1 aliphatic rings. The number of hydrogen-bond donors (Lipinski definition) is 1. The molecule has 1 saturated carbocycles. The van der Waals surface area contributed by atoms with Gasteiger partial charge in [-0.15, -0.1) is 5.10 Å². The number of benzene rings is 1. The standard InChI is InChI=1S/C23H29N3O5/c1-14(2)26(22(28)18-11-10-15(3)12-20(18)31-16(4)27)21-19(23(29)30)13-25(24-21)17-8-6-5-7-9-17/h5-9,13-15,18,20H,10-12H2,1-4H3,(H,29,30)/t15-,18-,20-/m0/s1. The lowest BCUT2D eigenvalue weighted by Gasteiger charge is -2.37. The minimum absolute atomic E-state index is 0.0564. The van der Waals surface area contributed by atoms with Crippen molar-refractivity contribution in [2.24, 2.45) is 11.8 Å². The van der Waals surface area contributed by atoms with Gasteiger partial charge in [0.15, 0.2) is 5.82 Å². The highest BCUT2D eigenvalue weighted by Crippen LogP contribution is 2.34. The van der Waals surface area contributed by atoms with Gasteiger partial charge in [-0.25, -0.2) is 9.48 Å². The fourth-order valence-electron chi connectivity index (χ4n) is 4.14. The van der Waals surface area contributed by atoms with Crippen LogP contribution in [0.25, 0.3) is 5.69 Å². The molecule has 166 valence electrons. The second kappa shape index (κ2) is 9.32. The van der Waals surface area contributed by atoms with E-state index in [0.29, 0.717) is 24.4 Å². The van der Waals surface area contributed by atoms with Gasteiger partial charge in [-0.2, -0.15) is 0 Å². The first-order valence-corrected chi connectivity index (χ1v) is 10.6. The number of aromatic nitrogens is 2. The number of esters is 1. The van der Waals surface area contributed by atoms with Crippen molar-refractivity contribution in [2.45, 2.75) is 59.1 Å². The maximum absolute atomic E-state index is 13.7. The molecule has 0 bridgehead atoms. The summed E-state index contributed by atoms with van der Waals surface area (Å²) in [5.74, 6) is -1.96. The molecule has 1 amide bonds. The Bertz CT molecular complexity index is 953. The third-order valence-corrected chi connectivity index (χ3v) is 5.62. The number of carboxylic acid groups (broad SMARTS) is 1. The molecular formula is C23H29N3O5. The van der Waals surface area contributed by atoms with E-state index in [1.165, 1.54) is 22.7 Å². The first-order chi connectivity index (χ1) is 14.7. The fraction of sp³-hybridized carbons (Fsp3) is 0.478. The summed E-state index contributed by atoms with van der Waals surface area (Å²) in [5.41, 5.74) is 0.635. The molecule has 1 N–H and O–H groups in total. The summed E-state index contributed by atoms with van der Waals surface area (Å²) in [5, 5.41) is 14.3. The number of rotatable bonds is 6. The Labute approximate surface area is 181 Å². The molecule has 8 nitrogen and oxygen atoms in total. The largest absolute Gasteiger partial charge is 0.477 e. The third-order valence-electron chi connectivity index (χ3n) is 5.62. The number of ether oxygens (including phenoxy) is 1. The van der Waals surface area contributed by atoms with Gasteiger partial charge < -0.3 is 9.84 Å². The van der Waals surface area contributed by atoms with Crippen LogP contribution in [0, 0.1) is 11.8 Å². The molecule has 3 atom stereocenters. The molecule has 3 rings (SSSR count). The molecule has 1 heterocycles. The van der Waals surface area contributed by atoms with Crippen molar-refractivity contribution < 1.29 is 24.2 Å². The van der Waals surface area contributed by atoms with E-state index in [1.54, 1.807) is 0 Å². The normalized spacial score (nSPS) is 21.0. The van der Waals surface area contributed by atoms with E-state index in [-0.39, 0.29) is 23.3 Å². The average molecular weight is 428 g/mol. The van der Waals surface area contributed by atoms with Gasteiger partial charge in [0, 0.05) is 19.2 Å². The molecule has 1 aromatic carbocycles. The molecule has 0 radical (unpaired) electrons. The summed E-state index contributed by atoms with van der Waals surface area (Å²) >= 11 is 0. The van der Waals surface area contributed by atoms with Gasteiger partial charge >= 0.3 is 11.9 Å². The van der Waals surface area contributed by atoms with Crippen LogP contribution in [0.1, 0.15) is 57.3 Å². The Kier molecular flexibility index (Phi) is 6.77. The quantitative estimate of drug-likeness (QED) is 0.706. The van der Waals surface area contributed by atoms with E-state index < -0.39 is 24.0 Å². The van der Waals surface area contributed by atoms with Crippen LogP contribution >= 0.6 is 0 Å². The lowest BCUT2D eigenvalue weighted by atomic mass is 9.79. The minimum atomic E-state index is -1.16. The predicted molar refractivity (Wildman–Crippen MR) is 115 cm³/mol. The number of aromatic carboxylic acids is 1. The fourth-order valence-corrected chi connectivity index (χ4v) is 4.14. The maximum Gasteiger partial charge on any atom is 0.341 e. The number of hydrogen-bond acceptors (Lipinski definition) is 5. The molecule has 0 spiro atoms. The number of amides is 1. The molecular weight excluding hydrogens is 398 g/mol. The summed E-state index contributed by atoms with van der Waals surface area (Å²) in [6.07, 6.45) is 2.90. The van der Waals surface area contributed by atoms with Gasteiger partial charge in [0.05, 0.1) is 11.6 Å². The van der Waals surface area contributed by atoms with Crippen molar-refractivity contribution in [2.75, 3.05) is 4.90 Å². The molecule has 0 aliphatic heterocycles. The van der Waals surface area contributed by atoms with Crippen LogP contribution in [0.4, 0.5) is 5.82 Å². The van der Waals surface area contributed by atoms with Crippen LogP contribution < -0.4 is 4.90 Å². The zero-order valence-corrected chi connectivity index (χ0v) is 18.3. The van der Waals surface area contributed by atoms with E-state index in [0.717, 1.165) is 6.42 Å². The third kappa shape index (κ3) is 4.95. The predicted octanol–water partition coefficient (Wildman–Crippen LogP) is 3.68. The Morgan fingerprint density at radius 2 is 1.87 bits per heavy atom. The van der Waals surface area contributed by atoms with Gasteiger partial charge in [-0.3, -0.25) is 14.5 Å². The Hall–Kier alpha value is -3.16. The van der Waals surface area contributed by atoms with E-state index in [2.05, 4.69) is 12.0 Å². The maximum atomic E-state index is 13.7. The Morgan fingerprint density at radius 3 is 2.45 bits per heavy atom. The van der Waals surface area contributed by atoms with Crippen LogP contribution in [0.15, 0.2) is 36.5 Å². The highest BCUT2D eigenvalue weighted by atomic mass is 16.5. The van der Waals surface area contributed by atoms with Gasteiger partial charge in [0.1, 0.15) is 11.7 Å². The minimum Gasteiger partial charge on any atom is -0.477 e. The average Bonchev–Trinajstić information content (AvgIpc) is 3.13. The van der Waals surface area contributed by atoms with Crippen LogP contribution in [-0.2, 0) is 14.3 Å². The van der Waals surface area contributed by atoms with E-state index in [1.807, 2.05) is 44.2 Å². The van der Waals surface area contributed by atoms with Crippen molar-refractivity contribution in [3.63, 3.8) is 0 Å².